The van der Waals surface area contributed by atoms with Crippen LogP contribution in [0.3, 0.4) is 0 Å². The maximum atomic E-state index is 12.7. The number of aromatic nitrogens is 5. The van der Waals surface area contributed by atoms with Crippen LogP contribution in [0.2, 0.25) is 5.02 Å². The maximum Gasteiger partial charge on any atom is 0.573 e. The third kappa shape index (κ3) is 7.83. The molecule has 0 saturated carbocycles. The van der Waals surface area contributed by atoms with E-state index in [1.807, 2.05) is 0 Å². The van der Waals surface area contributed by atoms with Crippen molar-refractivity contribution in [3.05, 3.63) is 77.3 Å². The van der Waals surface area contributed by atoms with E-state index in [2.05, 4.69) is 35.8 Å². The van der Waals surface area contributed by atoms with Crippen LogP contribution in [-0.2, 0) is 14.6 Å². The Labute approximate surface area is 246 Å². The van der Waals surface area contributed by atoms with Gasteiger partial charge in [0.2, 0.25) is 5.88 Å². The van der Waals surface area contributed by atoms with Gasteiger partial charge in [0.05, 0.1) is 22.7 Å². The highest BCUT2D eigenvalue weighted by Crippen LogP contribution is 2.32. The minimum Gasteiger partial charge on any atom is -0.481 e. The van der Waals surface area contributed by atoms with Gasteiger partial charge in [-0.05, 0) is 36.4 Å². The van der Waals surface area contributed by atoms with Crippen molar-refractivity contribution in [2.75, 3.05) is 13.4 Å². The average molecular weight is 638 g/mol. The molecule has 4 aromatic rings. The molecule has 0 radical (unpaired) electrons. The monoisotopic (exact) mass is 637 g/mol. The first-order valence-electron chi connectivity index (χ1n) is 11.7. The van der Waals surface area contributed by atoms with E-state index in [1.54, 1.807) is 0 Å². The summed E-state index contributed by atoms with van der Waals surface area (Å²) in [5.41, 5.74) is 4.75. The normalized spacial score (nSPS) is 11.8. The Bertz CT molecular complexity index is 1810. The molecule has 0 aliphatic rings. The molecule has 2 N–H and O–H groups in total. The van der Waals surface area contributed by atoms with E-state index in [4.69, 9.17) is 16.3 Å². The molecule has 13 nitrogen and oxygen atoms in total. The van der Waals surface area contributed by atoms with Gasteiger partial charge >= 0.3 is 6.36 Å². The third-order valence-electron chi connectivity index (χ3n) is 5.36. The van der Waals surface area contributed by atoms with E-state index in [-0.39, 0.29) is 44.4 Å². The van der Waals surface area contributed by atoms with Gasteiger partial charge in [0.25, 0.3) is 11.8 Å². The highest BCUT2D eigenvalue weighted by molar-refractivity contribution is 7.90. The number of halogens is 4. The number of rotatable bonds is 8. The number of benzene rings is 1. The minimum atomic E-state index is -4.96. The van der Waals surface area contributed by atoms with Crippen molar-refractivity contribution < 1.29 is 40.7 Å². The predicted molar refractivity (Wildman–Crippen MR) is 145 cm³/mol. The van der Waals surface area contributed by atoms with Crippen molar-refractivity contribution in [3.63, 3.8) is 0 Å². The average Bonchev–Trinajstić information content (AvgIpc) is 3.37. The molecule has 0 spiro atoms. The number of alkyl halides is 3. The summed E-state index contributed by atoms with van der Waals surface area (Å²) < 4.78 is 71.9. The predicted octanol–water partition coefficient (Wildman–Crippen LogP) is 3.16. The van der Waals surface area contributed by atoms with Crippen molar-refractivity contribution in [2.45, 2.75) is 11.3 Å². The van der Waals surface area contributed by atoms with Crippen molar-refractivity contribution in [2.24, 2.45) is 0 Å². The largest absolute Gasteiger partial charge is 0.573 e. The molecule has 18 heteroatoms. The van der Waals surface area contributed by atoms with Crippen LogP contribution in [0.5, 0.6) is 11.6 Å². The van der Waals surface area contributed by atoms with Crippen LogP contribution >= 0.6 is 11.6 Å². The van der Waals surface area contributed by atoms with E-state index in [0.717, 1.165) is 30.7 Å². The SMILES string of the molecule is COc1cc(C(=O)NNC(=O)/C=C/c2nnc(-c3ccc(S(C)(=O)=O)cn3)n2-c2ccc(OC(F)(F)F)cc2Cl)ccn1. The molecule has 3 aromatic heterocycles. The van der Waals surface area contributed by atoms with Crippen LogP contribution in [0.15, 0.2) is 65.8 Å². The number of hydrazine groups is 1. The van der Waals surface area contributed by atoms with Crippen molar-refractivity contribution in [3.8, 4) is 28.8 Å². The number of sulfone groups is 1. The lowest BCUT2D eigenvalue weighted by Crippen LogP contribution is -2.40. The highest BCUT2D eigenvalue weighted by atomic mass is 35.5. The fraction of sp³-hybridized carbons (Fsp3) is 0.120. The molecule has 0 fully saturated rings. The van der Waals surface area contributed by atoms with Gasteiger partial charge in [-0.25, -0.2) is 13.4 Å². The Balaban J connectivity index is 1.65. The van der Waals surface area contributed by atoms with Crippen molar-refractivity contribution in [1.29, 1.82) is 0 Å². The summed E-state index contributed by atoms with van der Waals surface area (Å²) in [5.74, 6) is -1.88. The van der Waals surface area contributed by atoms with E-state index in [9.17, 15) is 31.2 Å². The van der Waals surface area contributed by atoms with Crippen LogP contribution < -0.4 is 20.3 Å². The molecule has 0 saturated heterocycles. The number of nitrogens with one attached hydrogen (secondary N) is 2. The first kappa shape index (κ1) is 30.9. The zero-order valence-corrected chi connectivity index (χ0v) is 23.5. The molecule has 0 bridgehead atoms. The number of hydrogen-bond donors (Lipinski definition) is 2. The fourth-order valence-electron chi connectivity index (χ4n) is 3.45. The number of methoxy groups -OCH3 is 1. The van der Waals surface area contributed by atoms with Gasteiger partial charge in [-0.2, -0.15) is 0 Å². The number of carbonyl (C=O) groups excluding carboxylic acids is 2. The van der Waals surface area contributed by atoms with Crippen LogP contribution in [0.25, 0.3) is 23.3 Å². The lowest BCUT2D eigenvalue weighted by molar-refractivity contribution is -0.274. The Morgan fingerprint density at radius 3 is 2.44 bits per heavy atom. The first-order chi connectivity index (χ1) is 20.2. The quantitative estimate of drug-likeness (QED) is 0.216. The van der Waals surface area contributed by atoms with Gasteiger partial charge in [0.15, 0.2) is 21.5 Å². The molecule has 2 amide bonds. The second kappa shape index (κ2) is 12.5. The highest BCUT2D eigenvalue weighted by Gasteiger charge is 2.31. The Kier molecular flexibility index (Phi) is 8.96. The molecule has 43 heavy (non-hydrogen) atoms. The molecule has 0 aliphatic heterocycles. The van der Waals surface area contributed by atoms with E-state index < -0.39 is 33.8 Å². The van der Waals surface area contributed by atoms with Gasteiger partial charge in [-0.3, -0.25) is 30.0 Å². The van der Waals surface area contributed by atoms with Crippen LogP contribution in [0.1, 0.15) is 16.2 Å². The van der Waals surface area contributed by atoms with Gasteiger partial charge in [-0.15, -0.1) is 23.4 Å². The zero-order valence-electron chi connectivity index (χ0n) is 22.0. The van der Waals surface area contributed by atoms with Crippen LogP contribution in [-0.4, -0.2) is 64.7 Å². The minimum absolute atomic E-state index is 0.00596. The second-order valence-electron chi connectivity index (χ2n) is 8.39. The number of ether oxygens (including phenoxy) is 2. The number of hydrogen-bond acceptors (Lipinski definition) is 10. The number of pyridine rings is 2. The molecule has 0 unspecified atom stereocenters. The summed E-state index contributed by atoms with van der Waals surface area (Å²) in [4.78, 5) is 32.7. The Morgan fingerprint density at radius 2 is 1.81 bits per heavy atom. The second-order valence-corrected chi connectivity index (χ2v) is 10.8. The Hall–Kier alpha value is -5.03. The molecule has 0 aliphatic carbocycles. The standard InChI is InChI=1S/C25H19ClF3N7O6S/c1-41-22-11-14(9-10-30-22)24(38)35-33-21(37)8-7-20-32-34-23(18-5-4-16(13-31-18)43(2,39)40)36(20)19-6-3-15(12-17(19)26)42-25(27,28)29/h3-13H,1-2H3,(H,33,37)(H,35,38)/b8-7+. The van der Waals surface area contributed by atoms with Crippen molar-refractivity contribution >= 4 is 39.3 Å². The molecular formula is C25H19ClF3N7O6S. The summed E-state index contributed by atoms with van der Waals surface area (Å²) in [7, 11) is -2.19. The summed E-state index contributed by atoms with van der Waals surface area (Å²) in [5, 5.41) is 7.84. The molecule has 0 atom stereocenters. The summed E-state index contributed by atoms with van der Waals surface area (Å²) >= 11 is 6.31. The van der Waals surface area contributed by atoms with E-state index >= 15 is 0 Å². The molecule has 4 rings (SSSR count). The number of carbonyl (C=O) groups is 2. The topological polar surface area (TPSA) is 167 Å². The fourth-order valence-corrected chi connectivity index (χ4v) is 4.26. The smallest absolute Gasteiger partial charge is 0.481 e. The lowest BCUT2D eigenvalue weighted by atomic mass is 10.2. The van der Waals surface area contributed by atoms with Gasteiger partial charge in [0.1, 0.15) is 11.4 Å². The summed E-state index contributed by atoms with van der Waals surface area (Å²) in [6, 6.07) is 8.49. The molecule has 224 valence electrons. The third-order valence-corrected chi connectivity index (χ3v) is 6.77. The zero-order chi connectivity index (χ0) is 31.4. The van der Waals surface area contributed by atoms with Gasteiger partial charge in [-0.1, -0.05) is 11.6 Å². The van der Waals surface area contributed by atoms with Crippen molar-refractivity contribution in [1.82, 2.24) is 35.6 Å². The first-order valence-corrected chi connectivity index (χ1v) is 14.0. The maximum absolute atomic E-state index is 12.7. The summed E-state index contributed by atoms with van der Waals surface area (Å²) in [6.45, 7) is 0. The van der Waals surface area contributed by atoms with Crippen LogP contribution in [0.4, 0.5) is 13.2 Å². The van der Waals surface area contributed by atoms with E-state index in [1.165, 1.54) is 54.3 Å². The molecule has 1 aromatic carbocycles. The molecular weight excluding hydrogens is 619 g/mol. The lowest BCUT2D eigenvalue weighted by Gasteiger charge is -2.13. The number of nitrogens with zero attached hydrogens (tertiary/aromatic N) is 5. The number of amides is 2. The van der Waals surface area contributed by atoms with Gasteiger partial charge in [0, 0.05) is 42.4 Å². The van der Waals surface area contributed by atoms with Crippen LogP contribution in [0, 0.1) is 0 Å². The summed E-state index contributed by atoms with van der Waals surface area (Å²) in [6.07, 6.45) is 0.659. The van der Waals surface area contributed by atoms with Gasteiger partial charge < -0.3 is 9.47 Å². The Morgan fingerprint density at radius 1 is 1.05 bits per heavy atom. The van der Waals surface area contributed by atoms with E-state index in [0.29, 0.717) is 0 Å². The molecule has 3 heterocycles.